The molecule has 1 N–H and O–H groups in total. The van der Waals surface area contributed by atoms with Gasteiger partial charge in [-0.15, -0.1) is 5.10 Å². The van der Waals surface area contributed by atoms with Gasteiger partial charge in [0.1, 0.15) is 5.69 Å². The maximum absolute atomic E-state index is 5.59. The number of benzene rings is 1. The molecule has 108 valence electrons. The maximum atomic E-state index is 5.59. The van der Waals surface area contributed by atoms with Crippen LogP contribution in [0.5, 0.6) is 11.5 Å². The quantitative estimate of drug-likeness (QED) is 0.840. The smallest absolute Gasteiger partial charge is 0.163 e. The van der Waals surface area contributed by atoms with E-state index in [1.165, 1.54) is 0 Å². The van der Waals surface area contributed by atoms with Gasteiger partial charge in [0.05, 0.1) is 19.8 Å². The molecular weight excluding hydrogens is 256 g/mol. The first-order valence-electron chi connectivity index (χ1n) is 6.71. The van der Waals surface area contributed by atoms with Crippen molar-refractivity contribution in [3.05, 3.63) is 30.1 Å². The minimum Gasteiger partial charge on any atom is -0.490 e. The third kappa shape index (κ3) is 3.63. The molecule has 0 aliphatic heterocycles. The number of anilines is 1. The molecule has 0 radical (unpaired) electrons. The molecule has 0 amide bonds. The Balaban J connectivity index is 2.05. The zero-order valence-electron chi connectivity index (χ0n) is 12.1. The van der Waals surface area contributed by atoms with E-state index in [1.807, 2.05) is 45.3 Å². The molecule has 0 aliphatic carbocycles. The summed E-state index contributed by atoms with van der Waals surface area (Å²) in [4.78, 5) is 0. The lowest BCUT2D eigenvalue weighted by atomic mass is 10.2. The van der Waals surface area contributed by atoms with Crippen molar-refractivity contribution in [3.8, 4) is 11.5 Å². The van der Waals surface area contributed by atoms with Crippen molar-refractivity contribution < 1.29 is 9.47 Å². The van der Waals surface area contributed by atoms with E-state index >= 15 is 0 Å². The van der Waals surface area contributed by atoms with Gasteiger partial charge in [-0.3, -0.25) is 4.68 Å². The summed E-state index contributed by atoms with van der Waals surface area (Å²) in [6.45, 7) is 5.75. The lowest BCUT2D eigenvalue weighted by molar-refractivity contribution is 0.288. The second-order valence-electron chi connectivity index (χ2n) is 4.26. The molecule has 6 nitrogen and oxygen atoms in total. The summed E-state index contributed by atoms with van der Waals surface area (Å²) < 4.78 is 12.8. The molecule has 0 aliphatic rings. The first-order chi connectivity index (χ1) is 9.72. The van der Waals surface area contributed by atoms with Crippen LogP contribution in [-0.2, 0) is 13.6 Å². The van der Waals surface area contributed by atoms with Crippen molar-refractivity contribution >= 4 is 5.69 Å². The molecule has 0 bridgehead atoms. The van der Waals surface area contributed by atoms with Gasteiger partial charge >= 0.3 is 0 Å². The molecule has 20 heavy (non-hydrogen) atoms. The van der Waals surface area contributed by atoms with Crippen LogP contribution in [0.2, 0.25) is 0 Å². The molecule has 1 aromatic heterocycles. The maximum Gasteiger partial charge on any atom is 0.163 e. The third-order valence-corrected chi connectivity index (χ3v) is 2.67. The fraction of sp³-hybridized carbons (Fsp3) is 0.429. The molecule has 1 heterocycles. The van der Waals surface area contributed by atoms with Crippen molar-refractivity contribution in [1.29, 1.82) is 0 Å². The summed E-state index contributed by atoms with van der Waals surface area (Å²) in [5.74, 6) is 1.51. The first-order valence-corrected chi connectivity index (χ1v) is 6.71. The van der Waals surface area contributed by atoms with E-state index in [-0.39, 0.29) is 0 Å². The summed E-state index contributed by atoms with van der Waals surface area (Å²) in [7, 11) is 1.85. The van der Waals surface area contributed by atoms with E-state index in [2.05, 4.69) is 15.6 Å². The molecule has 0 spiro atoms. The Kier molecular flexibility index (Phi) is 4.81. The number of aryl methyl sites for hydroxylation is 1. The number of rotatable bonds is 7. The van der Waals surface area contributed by atoms with Crippen LogP contribution >= 0.6 is 0 Å². The number of nitrogens with zero attached hydrogens (tertiary/aromatic N) is 3. The Morgan fingerprint density at radius 1 is 1.15 bits per heavy atom. The Labute approximate surface area is 118 Å². The molecular formula is C14H20N4O2. The predicted octanol–water partition coefficient (Wildman–Crippen LogP) is 2.22. The van der Waals surface area contributed by atoms with Crippen molar-refractivity contribution in [2.45, 2.75) is 20.4 Å². The Morgan fingerprint density at radius 2 is 1.90 bits per heavy atom. The number of nitrogens with one attached hydrogen (secondary N) is 1. The molecule has 0 unspecified atom stereocenters. The van der Waals surface area contributed by atoms with Gasteiger partial charge in [-0.2, -0.15) is 0 Å². The van der Waals surface area contributed by atoms with Crippen LogP contribution in [0.15, 0.2) is 24.4 Å². The normalized spacial score (nSPS) is 10.3. The van der Waals surface area contributed by atoms with Crippen LogP contribution in [0, 0.1) is 0 Å². The highest BCUT2D eigenvalue weighted by Crippen LogP contribution is 2.30. The summed E-state index contributed by atoms with van der Waals surface area (Å²) in [6, 6.07) is 5.81. The minimum absolute atomic E-state index is 0.605. The van der Waals surface area contributed by atoms with Crippen LogP contribution in [0.1, 0.15) is 19.5 Å². The van der Waals surface area contributed by atoms with Crippen molar-refractivity contribution in [2.24, 2.45) is 7.05 Å². The van der Waals surface area contributed by atoms with Crippen molar-refractivity contribution in [3.63, 3.8) is 0 Å². The average molecular weight is 276 g/mol. The molecule has 0 atom stereocenters. The second-order valence-corrected chi connectivity index (χ2v) is 4.26. The molecule has 2 aromatic rings. The number of aromatic nitrogens is 3. The van der Waals surface area contributed by atoms with E-state index in [1.54, 1.807) is 4.68 Å². The zero-order valence-corrected chi connectivity index (χ0v) is 12.1. The minimum atomic E-state index is 0.605. The molecule has 6 heteroatoms. The first kappa shape index (κ1) is 14.2. The monoisotopic (exact) mass is 276 g/mol. The Hall–Kier alpha value is -2.24. The highest BCUT2D eigenvalue weighted by atomic mass is 16.5. The van der Waals surface area contributed by atoms with E-state index in [9.17, 15) is 0 Å². The third-order valence-electron chi connectivity index (χ3n) is 2.67. The standard InChI is InChI=1S/C14H20N4O2/c1-4-19-13-7-6-11(8-14(13)20-5-2)15-9-12-10-18(3)17-16-12/h6-8,10,15H,4-5,9H2,1-3H3. The van der Waals surface area contributed by atoms with Crippen molar-refractivity contribution in [1.82, 2.24) is 15.0 Å². The molecule has 0 saturated heterocycles. The second kappa shape index (κ2) is 6.79. The summed E-state index contributed by atoms with van der Waals surface area (Å²) in [5.41, 5.74) is 1.85. The van der Waals surface area contributed by atoms with E-state index < -0.39 is 0 Å². The zero-order chi connectivity index (χ0) is 14.4. The lowest BCUT2D eigenvalue weighted by Crippen LogP contribution is -2.02. The summed E-state index contributed by atoms with van der Waals surface area (Å²) in [6.07, 6.45) is 1.88. The lowest BCUT2D eigenvalue weighted by Gasteiger charge is -2.13. The van der Waals surface area contributed by atoms with Gasteiger partial charge in [0.25, 0.3) is 0 Å². The highest BCUT2D eigenvalue weighted by molar-refractivity contribution is 5.54. The van der Waals surface area contributed by atoms with Crippen LogP contribution in [0.4, 0.5) is 5.69 Å². The van der Waals surface area contributed by atoms with Gasteiger partial charge in [0.2, 0.25) is 0 Å². The van der Waals surface area contributed by atoms with Gasteiger partial charge in [0.15, 0.2) is 11.5 Å². The van der Waals surface area contributed by atoms with Gasteiger partial charge in [-0.1, -0.05) is 5.21 Å². The van der Waals surface area contributed by atoms with E-state index in [0.29, 0.717) is 19.8 Å². The average Bonchev–Trinajstić information content (AvgIpc) is 2.85. The largest absolute Gasteiger partial charge is 0.490 e. The Bertz CT molecular complexity index is 554. The van der Waals surface area contributed by atoms with Crippen molar-refractivity contribution in [2.75, 3.05) is 18.5 Å². The van der Waals surface area contributed by atoms with Crippen LogP contribution in [0.3, 0.4) is 0 Å². The topological polar surface area (TPSA) is 61.2 Å². The SMILES string of the molecule is CCOc1ccc(NCc2cn(C)nn2)cc1OCC. The Morgan fingerprint density at radius 3 is 2.55 bits per heavy atom. The number of hydrogen-bond donors (Lipinski definition) is 1. The van der Waals surface area contributed by atoms with Gasteiger partial charge < -0.3 is 14.8 Å². The molecule has 0 fully saturated rings. The van der Waals surface area contributed by atoms with Gasteiger partial charge in [-0.25, -0.2) is 0 Å². The van der Waals surface area contributed by atoms with Gasteiger partial charge in [0, 0.05) is 25.0 Å². The van der Waals surface area contributed by atoms with Gasteiger partial charge in [-0.05, 0) is 26.0 Å². The molecule has 0 saturated carbocycles. The molecule has 1 aromatic carbocycles. The predicted molar refractivity (Wildman–Crippen MR) is 77.1 cm³/mol. The van der Waals surface area contributed by atoms with Crippen LogP contribution < -0.4 is 14.8 Å². The number of ether oxygens (including phenoxy) is 2. The highest BCUT2D eigenvalue weighted by Gasteiger charge is 2.06. The molecule has 2 rings (SSSR count). The fourth-order valence-corrected chi connectivity index (χ4v) is 1.83. The van der Waals surface area contributed by atoms with E-state index in [0.717, 1.165) is 22.9 Å². The van der Waals surface area contributed by atoms with E-state index in [4.69, 9.17) is 9.47 Å². The summed E-state index contributed by atoms with van der Waals surface area (Å²) >= 11 is 0. The van der Waals surface area contributed by atoms with Crippen LogP contribution in [0.25, 0.3) is 0 Å². The number of hydrogen-bond acceptors (Lipinski definition) is 5. The van der Waals surface area contributed by atoms with Crippen LogP contribution in [-0.4, -0.2) is 28.2 Å². The summed E-state index contributed by atoms with van der Waals surface area (Å²) in [5, 5.41) is 11.2. The fourth-order valence-electron chi connectivity index (χ4n) is 1.83.